The Balaban J connectivity index is 2.01. The zero-order valence-electron chi connectivity index (χ0n) is 11.6. The Morgan fingerprint density at radius 3 is 2.55 bits per heavy atom. The van der Waals surface area contributed by atoms with Gasteiger partial charge in [0.05, 0.1) is 0 Å². The average Bonchev–Trinajstić information content (AvgIpc) is 2.39. The van der Waals surface area contributed by atoms with E-state index in [1.807, 2.05) is 12.1 Å². The minimum Gasteiger partial charge on any atom is -0.384 e. The van der Waals surface area contributed by atoms with E-state index in [0.717, 1.165) is 15.6 Å². The van der Waals surface area contributed by atoms with Crippen molar-refractivity contribution in [3.05, 3.63) is 69.2 Å². The summed E-state index contributed by atoms with van der Waals surface area (Å²) in [6.45, 7) is 2.06. The van der Waals surface area contributed by atoms with E-state index in [4.69, 9.17) is 0 Å². The molecule has 0 saturated heterocycles. The van der Waals surface area contributed by atoms with Gasteiger partial charge in [-0.1, -0.05) is 64.3 Å². The molecule has 0 heterocycles. The summed E-state index contributed by atoms with van der Waals surface area (Å²) in [5, 5.41) is 10.8. The molecular weight excluding hydrogens is 312 g/mol. The molecular formula is C18H19BrO. The van der Waals surface area contributed by atoms with Gasteiger partial charge in [-0.2, -0.15) is 0 Å². The molecule has 1 aliphatic carbocycles. The van der Waals surface area contributed by atoms with Crippen molar-refractivity contribution in [3.63, 3.8) is 0 Å². The molecule has 1 saturated carbocycles. The first-order valence-corrected chi connectivity index (χ1v) is 7.99. The summed E-state index contributed by atoms with van der Waals surface area (Å²) in [5.41, 5.74) is 4.50. The van der Waals surface area contributed by atoms with Crippen LogP contribution in [0.15, 0.2) is 46.9 Å². The van der Waals surface area contributed by atoms with Crippen molar-refractivity contribution >= 4 is 15.9 Å². The Bertz CT molecular complexity index is 617. The first-order chi connectivity index (χ1) is 9.66. The Hall–Kier alpha value is -1.12. The van der Waals surface area contributed by atoms with Gasteiger partial charge in [-0.05, 0) is 48.4 Å². The van der Waals surface area contributed by atoms with Gasteiger partial charge in [0.1, 0.15) is 6.10 Å². The molecule has 0 spiro atoms. The van der Waals surface area contributed by atoms with Crippen LogP contribution >= 0.6 is 15.9 Å². The maximum Gasteiger partial charge on any atom is 0.105 e. The van der Waals surface area contributed by atoms with Crippen LogP contribution in [0.2, 0.25) is 0 Å². The SMILES string of the molecule is Cc1ccc(Br)c(C(O)c2ccccc2C2CCC2)c1. The van der Waals surface area contributed by atoms with E-state index in [1.54, 1.807) is 0 Å². The van der Waals surface area contributed by atoms with Crippen molar-refractivity contribution in [1.29, 1.82) is 0 Å². The van der Waals surface area contributed by atoms with Crippen molar-refractivity contribution in [2.75, 3.05) is 0 Å². The van der Waals surface area contributed by atoms with Crippen LogP contribution in [0.5, 0.6) is 0 Å². The fourth-order valence-corrected chi connectivity index (χ4v) is 3.35. The maximum absolute atomic E-state index is 10.8. The fraction of sp³-hybridized carbons (Fsp3) is 0.333. The summed E-state index contributed by atoms with van der Waals surface area (Å²) in [5.74, 6) is 0.629. The third-order valence-electron chi connectivity index (χ3n) is 4.28. The second kappa shape index (κ2) is 5.71. The molecule has 3 rings (SSSR count). The van der Waals surface area contributed by atoms with Gasteiger partial charge < -0.3 is 5.11 Å². The monoisotopic (exact) mass is 330 g/mol. The number of rotatable bonds is 3. The van der Waals surface area contributed by atoms with Gasteiger partial charge >= 0.3 is 0 Å². The van der Waals surface area contributed by atoms with Crippen LogP contribution < -0.4 is 0 Å². The predicted octanol–water partition coefficient (Wildman–Crippen LogP) is 5.11. The number of halogens is 1. The highest BCUT2D eigenvalue weighted by Gasteiger charge is 2.25. The first-order valence-electron chi connectivity index (χ1n) is 7.20. The van der Waals surface area contributed by atoms with Crippen LogP contribution in [0.25, 0.3) is 0 Å². The smallest absolute Gasteiger partial charge is 0.105 e. The zero-order valence-corrected chi connectivity index (χ0v) is 13.2. The number of benzene rings is 2. The van der Waals surface area contributed by atoms with E-state index in [2.05, 4.69) is 53.2 Å². The topological polar surface area (TPSA) is 20.2 Å². The summed E-state index contributed by atoms with van der Waals surface area (Å²) in [4.78, 5) is 0. The van der Waals surface area contributed by atoms with Gasteiger partial charge in [0.25, 0.3) is 0 Å². The van der Waals surface area contributed by atoms with Gasteiger partial charge in [0.2, 0.25) is 0 Å². The van der Waals surface area contributed by atoms with E-state index in [9.17, 15) is 5.11 Å². The highest BCUT2D eigenvalue weighted by Crippen LogP contribution is 2.41. The summed E-state index contributed by atoms with van der Waals surface area (Å²) < 4.78 is 0.971. The molecule has 0 radical (unpaired) electrons. The molecule has 1 N–H and O–H groups in total. The standard InChI is InChI=1S/C18H19BrO/c1-12-9-10-17(19)16(11-12)18(20)15-8-3-2-7-14(15)13-5-4-6-13/h2-3,7-11,13,18,20H,4-6H2,1H3. The van der Waals surface area contributed by atoms with Gasteiger partial charge in [-0.3, -0.25) is 0 Å². The number of hydrogen-bond acceptors (Lipinski definition) is 1. The third kappa shape index (κ3) is 2.55. The minimum atomic E-state index is -0.555. The van der Waals surface area contributed by atoms with E-state index in [0.29, 0.717) is 5.92 Å². The predicted molar refractivity (Wildman–Crippen MR) is 86.0 cm³/mol. The Morgan fingerprint density at radius 1 is 1.10 bits per heavy atom. The van der Waals surface area contributed by atoms with Crippen LogP contribution in [0.3, 0.4) is 0 Å². The van der Waals surface area contributed by atoms with Crippen LogP contribution in [-0.2, 0) is 0 Å². The number of aliphatic hydroxyl groups excluding tert-OH is 1. The van der Waals surface area contributed by atoms with E-state index >= 15 is 0 Å². The van der Waals surface area contributed by atoms with Crippen LogP contribution in [0, 0.1) is 6.92 Å². The molecule has 1 aliphatic rings. The van der Waals surface area contributed by atoms with E-state index < -0.39 is 6.10 Å². The van der Waals surface area contributed by atoms with Crippen LogP contribution in [0.1, 0.15) is 53.5 Å². The fourth-order valence-electron chi connectivity index (χ4n) is 2.89. The summed E-state index contributed by atoms with van der Waals surface area (Å²) in [7, 11) is 0. The molecule has 0 aromatic heterocycles. The number of aliphatic hydroxyl groups is 1. The molecule has 1 fully saturated rings. The molecule has 104 valence electrons. The van der Waals surface area contributed by atoms with Crippen molar-refractivity contribution in [1.82, 2.24) is 0 Å². The average molecular weight is 331 g/mol. The zero-order chi connectivity index (χ0) is 14.1. The molecule has 2 aromatic rings. The summed E-state index contributed by atoms with van der Waals surface area (Å²) in [6, 6.07) is 14.5. The van der Waals surface area contributed by atoms with E-state index in [1.165, 1.54) is 30.4 Å². The minimum absolute atomic E-state index is 0.555. The lowest BCUT2D eigenvalue weighted by molar-refractivity contribution is 0.216. The van der Waals surface area contributed by atoms with Crippen LogP contribution in [0.4, 0.5) is 0 Å². The van der Waals surface area contributed by atoms with Crippen molar-refractivity contribution in [2.45, 2.75) is 38.2 Å². The van der Waals surface area contributed by atoms with Crippen molar-refractivity contribution in [3.8, 4) is 0 Å². The molecule has 2 aromatic carbocycles. The molecule has 0 aliphatic heterocycles. The lowest BCUT2D eigenvalue weighted by Gasteiger charge is -2.29. The van der Waals surface area contributed by atoms with Gasteiger partial charge in [-0.25, -0.2) is 0 Å². The lowest BCUT2D eigenvalue weighted by Crippen LogP contribution is -2.13. The van der Waals surface area contributed by atoms with Crippen LogP contribution in [-0.4, -0.2) is 5.11 Å². The molecule has 1 unspecified atom stereocenters. The van der Waals surface area contributed by atoms with Gasteiger partial charge in [0.15, 0.2) is 0 Å². The quantitative estimate of drug-likeness (QED) is 0.829. The molecule has 20 heavy (non-hydrogen) atoms. The molecule has 1 atom stereocenters. The van der Waals surface area contributed by atoms with E-state index in [-0.39, 0.29) is 0 Å². The normalized spacial score (nSPS) is 16.8. The highest BCUT2D eigenvalue weighted by atomic mass is 79.9. The summed E-state index contributed by atoms with van der Waals surface area (Å²) >= 11 is 3.56. The third-order valence-corrected chi connectivity index (χ3v) is 5.00. The Kier molecular flexibility index (Phi) is 3.95. The second-order valence-electron chi connectivity index (χ2n) is 5.68. The van der Waals surface area contributed by atoms with Crippen molar-refractivity contribution in [2.24, 2.45) is 0 Å². The Labute approximate surface area is 128 Å². The lowest BCUT2D eigenvalue weighted by atomic mass is 9.77. The van der Waals surface area contributed by atoms with Gasteiger partial charge in [-0.15, -0.1) is 0 Å². The Morgan fingerprint density at radius 2 is 1.85 bits per heavy atom. The largest absolute Gasteiger partial charge is 0.384 e. The first kappa shape index (κ1) is 13.8. The maximum atomic E-state index is 10.8. The molecule has 2 heteroatoms. The highest BCUT2D eigenvalue weighted by molar-refractivity contribution is 9.10. The van der Waals surface area contributed by atoms with Gasteiger partial charge in [0, 0.05) is 4.47 Å². The van der Waals surface area contributed by atoms with Crippen molar-refractivity contribution < 1.29 is 5.11 Å². The number of aryl methyl sites for hydroxylation is 1. The second-order valence-corrected chi connectivity index (χ2v) is 6.54. The molecule has 0 amide bonds. The molecule has 0 bridgehead atoms. The molecule has 1 nitrogen and oxygen atoms in total. The summed E-state index contributed by atoms with van der Waals surface area (Å²) in [6.07, 6.45) is 3.25. The number of hydrogen-bond donors (Lipinski definition) is 1.